The molecule has 0 amide bonds. The van der Waals surface area contributed by atoms with Crippen LogP contribution in [0.4, 0.5) is 5.95 Å². The van der Waals surface area contributed by atoms with Crippen LogP contribution < -0.4 is 10.5 Å². The number of rotatable bonds is 6. The molecule has 1 aromatic carbocycles. The second kappa shape index (κ2) is 9.15. The Morgan fingerprint density at radius 2 is 1.92 bits per heavy atom. The monoisotopic (exact) mass is 501 g/mol. The topological polar surface area (TPSA) is 84.2 Å². The lowest BCUT2D eigenvalue weighted by Gasteiger charge is -2.35. The molecule has 4 aromatic rings. The maximum absolute atomic E-state index is 13.2. The van der Waals surface area contributed by atoms with Crippen molar-refractivity contribution in [2.45, 2.75) is 52.4 Å². The molecule has 0 unspecified atom stereocenters. The molecule has 0 bridgehead atoms. The maximum Gasteiger partial charge on any atom is 0.255 e. The van der Waals surface area contributed by atoms with Gasteiger partial charge in [-0.3, -0.25) is 18.9 Å². The quantitative estimate of drug-likeness (QED) is 0.435. The predicted molar refractivity (Wildman–Crippen MR) is 146 cm³/mol. The van der Waals surface area contributed by atoms with Crippen molar-refractivity contribution in [2.24, 2.45) is 0 Å². The first kappa shape index (κ1) is 23.9. The number of nitrogens with one attached hydrogen (secondary N) is 1. The van der Waals surface area contributed by atoms with Crippen molar-refractivity contribution in [3.63, 3.8) is 0 Å². The molecule has 1 fully saturated rings. The number of morpholine rings is 1. The molecule has 0 aliphatic carbocycles. The number of aromatic nitrogens is 5. The van der Waals surface area contributed by atoms with E-state index in [0.717, 1.165) is 72.9 Å². The van der Waals surface area contributed by atoms with Gasteiger partial charge in [-0.25, -0.2) is 4.98 Å². The molecule has 9 heteroatoms. The molecular formula is C28H35N7O2. The van der Waals surface area contributed by atoms with Crippen molar-refractivity contribution in [3.05, 3.63) is 53.2 Å². The summed E-state index contributed by atoms with van der Waals surface area (Å²) < 4.78 is 9.26. The first-order valence-corrected chi connectivity index (χ1v) is 13.2. The number of aromatic amines is 1. The predicted octanol–water partition coefficient (Wildman–Crippen LogP) is 3.59. The third-order valence-corrected chi connectivity index (χ3v) is 7.59. The Balaban J connectivity index is 1.31. The van der Waals surface area contributed by atoms with E-state index in [1.54, 1.807) is 10.6 Å². The molecule has 2 aliphatic heterocycles. The van der Waals surface area contributed by atoms with E-state index in [0.29, 0.717) is 12.2 Å². The summed E-state index contributed by atoms with van der Waals surface area (Å²) >= 11 is 0. The van der Waals surface area contributed by atoms with Crippen molar-refractivity contribution in [3.8, 4) is 22.4 Å². The van der Waals surface area contributed by atoms with Gasteiger partial charge < -0.3 is 14.6 Å². The first-order valence-electron chi connectivity index (χ1n) is 13.2. The smallest absolute Gasteiger partial charge is 0.255 e. The molecular weight excluding hydrogens is 466 g/mol. The summed E-state index contributed by atoms with van der Waals surface area (Å²) in [6.07, 6.45) is 5.99. The molecule has 9 nitrogen and oxygen atoms in total. The lowest BCUT2D eigenvalue weighted by atomic mass is 10.0. The van der Waals surface area contributed by atoms with E-state index in [2.05, 4.69) is 72.0 Å². The third-order valence-electron chi connectivity index (χ3n) is 7.59. The average molecular weight is 502 g/mol. The van der Waals surface area contributed by atoms with Crippen LogP contribution in [0.2, 0.25) is 0 Å². The molecule has 0 radical (unpaired) electrons. The normalized spacial score (nSPS) is 17.7. The van der Waals surface area contributed by atoms with Crippen LogP contribution >= 0.6 is 0 Å². The highest BCUT2D eigenvalue weighted by Gasteiger charge is 2.39. The van der Waals surface area contributed by atoms with Crippen molar-refractivity contribution in [1.29, 1.82) is 0 Å². The first-order chi connectivity index (χ1) is 17.8. The Labute approximate surface area is 216 Å². The van der Waals surface area contributed by atoms with Gasteiger partial charge in [0.25, 0.3) is 5.56 Å². The molecule has 0 atom stereocenters. The molecule has 6 rings (SSSR count). The Kier molecular flexibility index (Phi) is 5.92. The van der Waals surface area contributed by atoms with Gasteiger partial charge in [0.15, 0.2) is 0 Å². The Hall–Kier alpha value is -3.43. The second-order valence-electron chi connectivity index (χ2n) is 11.1. The number of hydrogen-bond donors (Lipinski definition) is 1. The Bertz CT molecular complexity index is 1490. The van der Waals surface area contributed by atoms with E-state index in [-0.39, 0.29) is 17.1 Å². The highest BCUT2D eigenvalue weighted by molar-refractivity contribution is 5.97. The van der Waals surface area contributed by atoms with Crippen molar-refractivity contribution in [1.82, 2.24) is 29.2 Å². The van der Waals surface area contributed by atoms with Crippen molar-refractivity contribution in [2.75, 3.05) is 37.7 Å². The van der Waals surface area contributed by atoms with Crippen LogP contribution in [0.1, 0.15) is 27.7 Å². The maximum atomic E-state index is 13.2. The molecule has 5 heterocycles. The SMILES string of the molecule is CC(C)N1c2nc(-c3c[nH]c4ccc(-c5cnn(CCN6CCOCC6)c5)cc34)cc(=O)n2CC1(C)C. The molecule has 0 saturated carbocycles. The minimum Gasteiger partial charge on any atom is -0.379 e. The van der Waals surface area contributed by atoms with Gasteiger partial charge in [-0.1, -0.05) is 6.07 Å². The molecule has 194 valence electrons. The van der Waals surface area contributed by atoms with Crippen LogP contribution in [-0.4, -0.2) is 73.6 Å². The van der Waals surface area contributed by atoms with Crippen LogP contribution in [0.3, 0.4) is 0 Å². The minimum atomic E-state index is -0.165. The number of hydrogen-bond acceptors (Lipinski definition) is 6. The van der Waals surface area contributed by atoms with Gasteiger partial charge in [-0.05, 0) is 45.4 Å². The number of H-pyrrole nitrogens is 1. The standard InChI is InChI=1S/C28H35N7O2/c1-19(2)35-27-31-25(14-26(36)34(27)18-28(35,3)4)23-16-29-24-6-5-20(13-22(23)24)21-15-30-33(17-21)8-7-32-9-11-37-12-10-32/h5-6,13-17,19,29H,7-12,18H2,1-4H3. The fourth-order valence-corrected chi connectivity index (χ4v) is 5.84. The van der Waals surface area contributed by atoms with Crippen molar-refractivity contribution >= 4 is 16.9 Å². The van der Waals surface area contributed by atoms with E-state index in [1.165, 1.54) is 0 Å². The van der Waals surface area contributed by atoms with E-state index in [4.69, 9.17) is 9.72 Å². The molecule has 3 aromatic heterocycles. The Morgan fingerprint density at radius 3 is 2.70 bits per heavy atom. The van der Waals surface area contributed by atoms with E-state index in [9.17, 15) is 4.79 Å². The van der Waals surface area contributed by atoms with Gasteiger partial charge in [0.2, 0.25) is 5.95 Å². The van der Waals surface area contributed by atoms with Crippen LogP contribution in [0, 0.1) is 0 Å². The van der Waals surface area contributed by atoms with Gasteiger partial charge in [-0.2, -0.15) is 5.10 Å². The lowest BCUT2D eigenvalue weighted by molar-refractivity contribution is 0.0360. The summed E-state index contributed by atoms with van der Waals surface area (Å²) in [4.78, 5) is 26.2. The van der Waals surface area contributed by atoms with E-state index in [1.807, 2.05) is 17.1 Å². The highest BCUT2D eigenvalue weighted by Crippen LogP contribution is 2.36. The summed E-state index contributed by atoms with van der Waals surface area (Å²) in [6.45, 7) is 14.7. The molecule has 0 spiro atoms. The number of ether oxygens (including phenoxy) is 1. The summed E-state index contributed by atoms with van der Waals surface area (Å²) in [5.41, 5.74) is 4.64. The summed E-state index contributed by atoms with van der Waals surface area (Å²) in [5, 5.41) is 5.65. The summed E-state index contributed by atoms with van der Waals surface area (Å²) in [6, 6.07) is 8.27. The van der Waals surface area contributed by atoms with E-state index < -0.39 is 0 Å². The van der Waals surface area contributed by atoms with Gasteiger partial charge in [-0.15, -0.1) is 0 Å². The zero-order valence-corrected chi connectivity index (χ0v) is 22.1. The number of benzene rings is 1. The van der Waals surface area contributed by atoms with Crippen molar-refractivity contribution < 1.29 is 4.74 Å². The largest absolute Gasteiger partial charge is 0.379 e. The summed E-state index contributed by atoms with van der Waals surface area (Å²) in [5.74, 6) is 0.745. The fourth-order valence-electron chi connectivity index (χ4n) is 5.84. The highest BCUT2D eigenvalue weighted by atomic mass is 16.5. The van der Waals surface area contributed by atoms with Crippen LogP contribution in [0.15, 0.2) is 47.7 Å². The zero-order valence-electron chi connectivity index (χ0n) is 22.1. The van der Waals surface area contributed by atoms with Gasteiger partial charge in [0, 0.05) is 66.2 Å². The number of fused-ring (bicyclic) bond motifs is 2. The second-order valence-corrected chi connectivity index (χ2v) is 11.1. The fraction of sp³-hybridized carbons (Fsp3) is 0.464. The number of anilines is 1. The average Bonchev–Trinajstić information content (AvgIpc) is 3.58. The lowest BCUT2D eigenvalue weighted by Crippen LogP contribution is -2.45. The minimum absolute atomic E-state index is 0.0109. The van der Waals surface area contributed by atoms with Crippen LogP contribution in [0.25, 0.3) is 33.3 Å². The summed E-state index contributed by atoms with van der Waals surface area (Å²) in [7, 11) is 0. The van der Waals surface area contributed by atoms with Crippen LogP contribution in [0.5, 0.6) is 0 Å². The third kappa shape index (κ3) is 4.36. The molecule has 37 heavy (non-hydrogen) atoms. The van der Waals surface area contributed by atoms with Gasteiger partial charge >= 0.3 is 0 Å². The van der Waals surface area contributed by atoms with Gasteiger partial charge in [0.1, 0.15) is 0 Å². The van der Waals surface area contributed by atoms with Crippen LogP contribution in [-0.2, 0) is 17.8 Å². The molecule has 1 N–H and O–H groups in total. The Morgan fingerprint density at radius 1 is 1.11 bits per heavy atom. The number of nitrogens with zero attached hydrogens (tertiary/aromatic N) is 6. The molecule has 2 aliphatic rings. The molecule has 1 saturated heterocycles. The van der Waals surface area contributed by atoms with Gasteiger partial charge in [0.05, 0.1) is 43.7 Å². The van der Waals surface area contributed by atoms with E-state index >= 15 is 0 Å². The zero-order chi connectivity index (χ0) is 25.7.